The van der Waals surface area contributed by atoms with Gasteiger partial charge in [0.25, 0.3) is 0 Å². The first kappa shape index (κ1) is 19.2. The van der Waals surface area contributed by atoms with Gasteiger partial charge < -0.3 is 19.5 Å². The van der Waals surface area contributed by atoms with Crippen LogP contribution in [0.15, 0.2) is 42.1 Å². The number of benzene rings is 1. The number of ether oxygens (including phenoxy) is 3. The third-order valence-electron chi connectivity index (χ3n) is 2.95. The monoisotopic (exact) mass is 335 g/mol. The minimum atomic E-state index is -0.880. The maximum atomic E-state index is 12.0. The van der Waals surface area contributed by atoms with Crippen LogP contribution in [0.5, 0.6) is 0 Å². The topological polar surface area (TPSA) is 90.9 Å². The standard InChI is InChI=1S/C17H21NO6/c1-4-23-15(19)13(16(20)24-5-2)11-18-14(17(21)22-3)12-9-7-6-8-10-12/h6-11,14,18H,4-5H2,1-3H3/t14-/m1/s1. The van der Waals surface area contributed by atoms with E-state index in [0.29, 0.717) is 5.56 Å². The van der Waals surface area contributed by atoms with Gasteiger partial charge in [0.2, 0.25) is 0 Å². The van der Waals surface area contributed by atoms with Crippen molar-refractivity contribution in [2.45, 2.75) is 19.9 Å². The summed E-state index contributed by atoms with van der Waals surface area (Å²) in [6.07, 6.45) is 1.12. The predicted octanol–water partition coefficient (Wildman–Crippen LogP) is 1.50. The van der Waals surface area contributed by atoms with E-state index in [1.165, 1.54) is 7.11 Å². The average Bonchev–Trinajstić information content (AvgIpc) is 2.59. The van der Waals surface area contributed by atoms with Gasteiger partial charge in [0, 0.05) is 6.20 Å². The van der Waals surface area contributed by atoms with Crippen molar-refractivity contribution in [1.29, 1.82) is 0 Å². The molecule has 0 aliphatic carbocycles. The Balaban J connectivity index is 3.07. The third-order valence-corrected chi connectivity index (χ3v) is 2.95. The van der Waals surface area contributed by atoms with E-state index in [9.17, 15) is 14.4 Å². The van der Waals surface area contributed by atoms with E-state index in [1.54, 1.807) is 44.2 Å². The summed E-state index contributed by atoms with van der Waals surface area (Å²) in [5.74, 6) is -2.23. The van der Waals surface area contributed by atoms with Crippen LogP contribution >= 0.6 is 0 Å². The van der Waals surface area contributed by atoms with Gasteiger partial charge in [-0.15, -0.1) is 0 Å². The summed E-state index contributed by atoms with van der Waals surface area (Å²) in [5, 5.41) is 2.73. The second kappa shape index (κ2) is 10.0. The molecule has 0 fully saturated rings. The molecule has 7 heteroatoms. The fourth-order valence-corrected chi connectivity index (χ4v) is 1.85. The van der Waals surface area contributed by atoms with Gasteiger partial charge in [-0.25, -0.2) is 14.4 Å². The van der Waals surface area contributed by atoms with Gasteiger partial charge in [-0.05, 0) is 19.4 Å². The molecule has 130 valence electrons. The van der Waals surface area contributed by atoms with Crippen molar-refractivity contribution in [2.75, 3.05) is 20.3 Å². The largest absolute Gasteiger partial charge is 0.467 e. The Labute approximate surface area is 140 Å². The molecule has 1 aromatic rings. The Hall–Kier alpha value is -2.83. The number of methoxy groups -OCH3 is 1. The molecule has 0 unspecified atom stereocenters. The zero-order valence-electron chi connectivity index (χ0n) is 13.9. The Morgan fingerprint density at radius 2 is 1.58 bits per heavy atom. The van der Waals surface area contributed by atoms with Gasteiger partial charge >= 0.3 is 17.9 Å². The number of nitrogens with one attached hydrogen (secondary N) is 1. The maximum Gasteiger partial charge on any atom is 0.347 e. The van der Waals surface area contributed by atoms with Gasteiger partial charge in [0.1, 0.15) is 6.04 Å². The van der Waals surface area contributed by atoms with Crippen LogP contribution in [-0.4, -0.2) is 38.2 Å². The highest BCUT2D eigenvalue weighted by Crippen LogP contribution is 2.15. The lowest BCUT2D eigenvalue weighted by molar-refractivity contribution is -0.147. The number of carbonyl (C=O) groups excluding carboxylic acids is 3. The lowest BCUT2D eigenvalue weighted by Crippen LogP contribution is -2.28. The normalized spacial score (nSPS) is 11.0. The summed E-state index contributed by atoms with van der Waals surface area (Å²) >= 11 is 0. The van der Waals surface area contributed by atoms with Crippen LogP contribution in [0.3, 0.4) is 0 Å². The predicted molar refractivity (Wildman–Crippen MR) is 85.7 cm³/mol. The van der Waals surface area contributed by atoms with Gasteiger partial charge in [-0.2, -0.15) is 0 Å². The average molecular weight is 335 g/mol. The minimum absolute atomic E-state index is 0.106. The lowest BCUT2D eigenvalue weighted by Gasteiger charge is -2.16. The summed E-state index contributed by atoms with van der Waals surface area (Å²) in [4.78, 5) is 35.8. The minimum Gasteiger partial charge on any atom is -0.467 e. The molecule has 0 saturated heterocycles. The number of hydrogen-bond acceptors (Lipinski definition) is 7. The van der Waals surface area contributed by atoms with Crippen LogP contribution in [0.2, 0.25) is 0 Å². The van der Waals surface area contributed by atoms with Crippen LogP contribution in [0, 0.1) is 0 Å². The molecule has 24 heavy (non-hydrogen) atoms. The van der Waals surface area contributed by atoms with E-state index in [4.69, 9.17) is 14.2 Å². The smallest absolute Gasteiger partial charge is 0.347 e. The van der Waals surface area contributed by atoms with E-state index in [-0.39, 0.29) is 18.8 Å². The van der Waals surface area contributed by atoms with Crippen molar-refractivity contribution in [3.05, 3.63) is 47.7 Å². The molecule has 0 aliphatic heterocycles. The fourth-order valence-electron chi connectivity index (χ4n) is 1.85. The van der Waals surface area contributed by atoms with Crippen molar-refractivity contribution in [1.82, 2.24) is 5.32 Å². The fraction of sp³-hybridized carbons (Fsp3) is 0.353. The van der Waals surface area contributed by atoms with Crippen molar-refractivity contribution in [3.63, 3.8) is 0 Å². The molecule has 0 amide bonds. The molecule has 0 spiro atoms. The summed E-state index contributed by atoms with van der Waals surface area (Å²) in [6, 6.07) is 7.88. The number of rotatable bonds is 8. The first-order valence-electron chi connectivity index (χ1n) is 7.48. The molecule has 1 atom stereocenters. The molecule has 1 aromatic carbocycles. The van der Waals surface area contributed by atoms with Gasteiger partial charge in [0.15, 0.2) is 5.57 Å². The molecule has 1 rings (SSSR count). The molecule has 7 nitrogen and oxygen atoms in total. The molecular formula is C17H21NO6. The highest BCUT2D eigenvalue weighted by atomic mass is 16.6. The lowest BCUT2D eigenvalue weighted by atomic mass is 10.1. The molecule has 0 heterocycles. The summed E-state index contributed by atoms with van der Waals surface area (Å²) in [6.45, 7) is 3.45. The van der Waals surface area contributed by atoms with Crippen molar-refractivity contribution in [3.8, 4) is 0 Å². The molecule has 0 radical (unpaired) electrons. The Kier molecular flexibility index (Phi) is 8.04. The van der Waals surface area contributed by atoms with Crippen molar-refractivity contribution < 1.29 is 28.6 Å². The summed E-state index contributed by atoms with van der Waals surface area (Å²) in [5.41, 5.74) is 0.288. The first-order valence-corrected chi connectivity index (χ1v) is 7.48. The second-order valence-electron chi connectivity index (χ2n) is 4.53. The van der Waals surface area contributed by atoms with E-state index in [0.717, 1.165) is 6.20 Å². The molecule has 0 aliphatic rings. The number of carbonyl (C=O) groups is 3. The van der Waals surface area contributed by atoms with E-state index < -0.39 is 23.9 Å². The van der Waals surface area contributed by atoms with Crippen LogP contribution < -0.4 is 5.32 Å². The van der Waals surface area contributed by atoms with E-state index in [1.807, 2.05) is 0 Å². The second-order valence-corrected chi connectivity index (χ2v) is 4.53. The highest BCUT2D eigenvalue weighted by molar-refractivity contribution is 6.14. The van der Waals surface area contributed by atoms with Gasteiger partial charge in [-0.3, -0.25) is 0 Å². The number of hydrogen-bond donors (Lipinski definition) is 1. The van der Waals surface area contributed by atoms with E-state index >= 15 is 0 Å². The Morgan fingerprint density at radius 3 is 2.04 bits per heavy atom. The number of esters is 3. The SMILES string of the molecule is CCOC(=O)C(=CN[C@@H](C(=O)OC)c1ccccc1)C(=O)OCC. The molecule has 0 bridgehead atoms. The Bertz CT molecular complexity index is 576. The third kappa shape index (κ3) is 5.42. The summed E-state index contributed by atoms with van der Waals surface area (Å²) < 4.78 is 14.4. The maximum absolute atomic E-state index is 12.0. The van der Waals surface area contributed by atoms with Gasteiger partial charge in [0.05, 0.1) is 20.3 Å². The van der Waals surface area contributed by atoms with E-state index in [2.05, 4.69) is 5.32 Å². The van der Waals surface area contributed by atoms with Gasteiger partial charge in [-0.1, -0.05) is 30.3 Å². The van der Waals surface area contributed by atoms with Crippen LogP contribution in [0.1, 0.15) is 25.5 Å². The summed E-state index contributed by atoms with van der Waals surface area (Å²) in [7, 11) is 1.25. The van der Waals surface area contributed by atoms with Crippen molar-refractivity contribution >= 4 is 17.9 Å². The zero-order valence-corrected chi connectivity index (χ0v) is 13.9. The quantitative estimate of drug-likeness (QED) is 0.253. The molecule has 1 N–H and O–H groups in total. The zero-order chi connectivity index (χ0) is 17.9. The molecule has 0 aromatic heterocycles. The molecule has 0 saturated carbocycles. The van der Waals surface area contributed by atoms with Crippen LogP contribution in [0.25, 0.3) is 0 Å². The van der Waals surface area contributed by atoms with Crippen LogP contribution in [-0.2, 0) is 28.6 Å². The highest BCUT2D eigenvalue weighted by Gasteiger charge is 2.24. The molecular weight excluding hydrogens is 314 g/mol. The first-order chi connectivity index (χ1) is 11.5. The van der Waals surface area contributed by atoms with Crippen LogP contribution in [0.4, 0.5) is 0 Å². The Morgan fingerprint density at radius 1 is 1.04 bits per heavy atom. The van der Waals surface area contributed by atoms with Crippen molar-refractivity contribution in [2.24, 2.45) is 0 Å².